The maximum Gasteiger partial charge on any atom is 0.270 e. The van der Waals surface area contributed by atoms with Crippen LogP contribution < -0.4 is 11.1 Å². The molecule has 3 rings (SSSR count). The molecule has 2 atom stereocenters. The monoisotopic (exact) mass is 309 g/mol. The quantitative estimate of drug-likeness (QED) is 0.910. The molecule has 106 valence electrons. The van der Waals surface area contributed by atoms with Crippen molar-refractivity contribution in [1.82, 2.24) is 10.3 Å². The number of aromatic nitrogens is 1. The van der Waals surface area contributed by atoms with Gasteiger partial charge in [0, 0.05) is 23.9 Å². The van der Waals surface area contributed by atoms with Crippen molar-refractivity contribution in [3.8, 4) is 0 Å². The third-order valence-electron chi connectivity index (χ3n) is 3.29. The summed E-state index contributed by atoms with van der Waals surface area (Å²) >= 11 is 1.43. The van der Waals surface area contributed by atoms with Crippen LogP contribution in [-0.2, 0) is 6.54 Å². The number of nitrogens with one attached hydrogen (secondary N) is 1. The predicted octanol–water partition coefficient (Wildman–Crippen LogP) is 2.31. The molecule has 0 bridgehead atoms. The van der Waals surface area contributed by atoms with Crippen molar-refractivity contribution in [2.45, 2.75) is 24.9 Å². The fourth-order valence-corrected chi connectivity index (χ4v) is 2.83. The van der Waals surface area contributed by atoms with Gasteiger partial charge in [-0.3, -0.25) is 4.79 Å². The van der Waals surface area contributed by atoms with E-state index in [9.17, 15) is 4.79 Å². The summed E-state index contributed by atoms with van der Waals surface area (Å²) in [4.78, 5) is 16.2. The number of nitrogens with two attached hydrogens (primary N) is 1. The Bertz CT molecular complexity index is 587. The number of hydrogen-bond acceptors (Lipinski definition) is 4. The highest BCUT2D eigenvalue weighted by Gasteiger charge is 2.39. The average Bonchev–Trinajstić information content (AvgIpc) is 3.04. The van der Waals surface area contributed by atoms with Crippen LogP contribution in [0.4, 0.5) is 0 Å². The molecule has 2 aromatic rings. The standard InChI is InChI=1S/C14H15N3OS.ClH/c15-7-13-16-12(8-19-13)14(18)17-11-6-10(11)9-4-2-1-3-5-9;/h1-5,8,10-11H,6-7,15H2,(H,17,18);1H. The van der Waals surface area contributed by atoms with Crippen molar-refractivity contribution < 1.29 is 4.79 Å². The van der Waals surface area contributed by atoms with Crippen LogP contribution in [0, 0.1) is 0 Å². The van der Waals surface area contributed by atoms with E-state index in [0.717, 1.165) is 11.4 Å². The molecule has 1 aromatic carbocycles. The lowest BCUT2D eigenvalue weighted by Gasteiger charge is -2.02. The molecule has 20 heavy (non-hydrogen) atoms. The second-order valence-electron chi connectivity index (χ2n) is 4.66. The molecule has 1 saturated carbocycles. The maximum atomic E-state index is 12.0. The molecule has 0 radical (unpaired) electrons. The van der Waals surface area contributed by atoms with Crippen molar-refractivity contribution in [1.29, 1.82) is 0 Å². The Morgan fingerprint density at radius 1 is 1.40 bits per heavy atom. The zero-order chi connectivity index (χ0) is 13.2. The summed E-state index contributed by atoms with van der Waals surface area (Å²) in [5.74, 6) is 0.345. The minimum Gasteiger partial charge on any atom is -0.347 e. The molecule has 2 unspecified atom stereocenters. The summed E-state index contributed by atoms with van der Waals surface area (Å²) < 4.78 is 0. The third kappa shape index (κ3) is 3.17. The van der Waals surface area contributed by atoms with Gasteiger partial charge in [0.25, 0.3) is 5.91 Å². The van der Waals surface area contributed by atoms with Crippen molar-refractivity contribution in [3.05, 3.63) is 52.0 Å². The first-order chi connectivity index (χ1) is 9.28. The highest BCUT2D eigenvalue weighted by atomic mass is 35.5. The first kappa shape index (κ1) is 15.0. The second-order valence-corrected chi connectivity index (χ2v) is 5.61. The Labute approximate surface area is 127 Å². The lowest BCUT2D eigenvalue weighted by molar-refractivity contribution is 0.0946. The number of carbonyl (C=O) groups is 1. The number of amides is 1. The van der Waals surface area contributed by atoms with Crippen molar-refractivity contribution >= 4 is 29.7 Å². The zero-order valence-electron chi connectivity index (χ0n) is 10.8. The number of rotatable bonds is 4. The van der Waals surface area contributed by atoms with Crippen molar-refractivity contribution in [3.63, 3.8) is 0 Å². The van der Waals surface area contributed by atoms with Gasteiger partial charge in [-0.2, -0.15) is 0 Å². The van der Waals surface area contributed by atoms with E-state index >= 15 is 0 Å². The van der Waals surface area contributed by atoms with Crippen LogP contribution in [-0.4, -0.2) is 16.9 Å². The topological polar surface area (TPSA) is 68.0 Å². The molecule has 1 amide bonds. The highest BCUT2D eigenvalue weighted by molar-refractivity contribution is 7.09. The first-order valence-corrected chi connectivity index (χ1v) is 7.16. The Hall–Kier alpha value is -1.43. The van der Waals surface area contributed by atoms with E-state index in [-0.39, 0.29) is 24.4 Å². The van der Waals surface area contributed by atoms with Gasteiger partial charge in [0.2, 0.25) is 0 Å². The van der Waals surface area contributed by atoms with Crippen LogP contribution in [0.2, 0.25) is 0 Å². The summed E-state index contributed by atoms with van der Waals surface area (Å²) in [6.45, 7) is 0.383. The molecule has 0 spiro atoms. The molecular weight excluding hydrogens is 294 g/mol. The van der Waals surface area contributed by atoms with E-state index in [0.29, 0.717) is 18.2 Å². The molecule has 4 nitrogen and oxygen atoms in total. The van der Waals surface area contributed by atoms with E-state index in [1.54, 1.807) is 5.38 Å². The van der Waals surface area contributed by atoms with Crippen LogP contribution >= 0.6 is 23.7 Å². The fourth-order valence-electron chi connectivity index (χ4n) is 2.17. The largest absolute Gasteiger partial charge is 0.347 e. The molecule has 1 heterocycles. The van der Waals surface area contributed by atoms with Gasteiger partial charge in [0.05, 0.1) is 0 Å². The first-order valence-electron chi connectivity index (χ1n) is 6.28. The summed E-state index contributed by atoms with van der Waals surface area (Å²) in [7, 11) is 0. The molecule has 1 fully saturated rings. The Morgan fingerprint density at radius 3 is 2.80 bits per heavy atom. The van der Waals surface area contributed by atoms with Crippen LogP contribution in [0.25, 0.3) is 0 Å². The van der Waals surface area contributed by atoms with Crippen molar-refractivity contribution in [2.75, 3.05) is 0 Å². The number of carbonyl (C=O) groups excluding carboxylic acids is 1. The maximum absolute atomic E-state index is 12.0. The molecular formula is C14H16ClN3OS. The molecule has 0 aliphatic heterocycles. The van der Waals surface area contributed by atoms with Crippen LogP contribution in [0.3, 0.4) is 0 Å². The van der Waals surface area contributed by atoms with Gasteiger partial charge < -0.3 is 11.1 Å². The predicted molar refractivity (Wildman–Crippen MR) is 82.3 cm³/mol. The van der Waals surface area contributed by atoms with Gasteiger partial charge in [-0.25, -0.2) is 4.98 Å². The summed E-state index contributed by atoms with van der Waals surface area (Å²) in [5.41, 5.74) is 7.25. The molecule has 0 saturated heterocycles. The molecule has 3 N–H and O–H groups in total. The SMILES string of the molecule is Cl.NCc1nc(C(=O)NC2CC2c2ccccc2)cs1. The zero-order valence-corrected chi connectivity index (χ0v) is 12.4. The Morgan fingerprint density at radius 2 is 2.15 bits per heavy atom. The number of halogens is 1. The lowest BCUT2D eigenvalue weighted by Crippen LogP contribution is -2.26. The van der Waals surface area contributed by atoms with E-state index in [4.69, 9.17) is 5.73 Å². The number of benzene rings is 1. The van der Waals surface area contributed by atoms with Crippen LogP contribution in [0.5, 0.6) is 0 Å². The average molecular weight is 310 g/mol. The van der Waals surface area contributed by atoms with E-state index in [1.165, 1.54) is 16.9 Å². The number of thiazole rings is 1. The van der Waals surface area contributed by atoms with E-state index in [2.05, 4.69) is 22.4 Å². The fraction of sp³-hybridized carbons (Fsp3) is 0.286. The summed E-state index contributed by atoms with van der Waals surface area (Å²) in [5, 5.41) is 5.57. The van der Waals surface area contributed by atoms with E-state index in [1.807, 2.05) is 18.2 Å². The van der Waals surface area contributed by atoms with Crippen LogP contribution in [0.1, 0.15) is 33.4 Å². The van der Waals surface area contributed by atoms with Gasteiger partial charge in [0.1, 0.15) is 10.7 Å². The number of nitrogens with zero attached hydrogens (tertiary/aromatic N) is 1. The molecule has 1 aliphatic rings. The van der Waals surface area contributed by atoms with Gasteiger partial charge in [-0.1, -0.05) is 30.3 Å². The normalized spacial score (nSPS) is 20.1. The van der Waals surface area contributed by atoms with Gasteiger partial charge >= 0.3 is 0 Å². The van der Waals surface area contributed by atoms with Gasteiger partial charge in [-0.15, -0.1) is 23.7 Å². The van der Waals surface area contributed by atoms with E-state index < -0.39 is 0 Å². The minimum absolute atomic E-state index is 0. The highest BCUT2D eigenvalue weighted by Crippen LogP contribution is 2.40. The van der Waals surface area contributed by atoms with Gasteiger partial charge in [0.15, 0.2) is 0 Å². The summed E-state index contributed by atoms with van der Waals surface area (Å²) in [6.07, 6.45) is 1.00. The lowest BCUT2D eigenvalue weighted by atomic mass is 10.1. The van der Waals surface area contributed by atoms with Crippen LogP contribution in [0.15, 0.2) is 35.7 Å². The number of hydrogen-bond donors (Lipinski definition) is 2. The second kappa shape index (κ2) is 6.35. The Kier molecular flexibility index (Phi) is 4.75. The van der Waals surface area contributed by atoms with Crippen molar-refractivity contribution in [2.24, 2.45) is 5.73 Å². The minimum atomic E-state index is -0.0978. The summed E-state index contributed by atoms with van der Waals surface area (Å²) in [6, 6.07) is 10.5. The Balaban J connectivity index is 0.00000147. The molecule has 1 aromatic heterocycles. The van der Waals surface area contributed by atoms with Gasteiger partial charge in [-0.05, 0) is 12.0 Å². The molecule has 1 aliphatic carbocycles. The molecule has 6 heteroatoms. The smallest absolute Gasteiger partial charge is 0.270 e. The third-order valence-corrected chi connectivity index (χ3v) is 4.16.